The Balaban J connectivity index is 0.00000106. The molecule has 0 saturated heterocycles. The Kier molecular flexibility index (Phi) is 7.87. The molecular formula is C16H22. The Bertz CT molecular complexity index is 356. The second kappa shape index (κ2) is 8.72. The normalized spacial score (nSPS) is 9.44. The van der Waals surface area contributed by atoms with Gasteiger partial charge in [0.1, 0.15) is 0 Å². The highest BCUT2D eigenvalue weighted by molar-refractivity contribution is 5.72. The molecule has 0 amide bonds. The fourth-order valence-corrected chi connectivity index (χ4v) is 1.27. The summed E-state index contributed by atoms with van der Waals surface area (Å²) in [5.74, 6) is 0. The monoisotopic (exact) mass is 214 g/mol. The molecule has 1 aromatic carbocycles. The van der Waals surface area contributed by atoms with Crippen molar-refractivity contribution in [2.45, 2.75) is 27.2 Å². The van der Waals surface area contributed by atoms with E-state index < -0.39 is 0 Å². The Morgan fingerprint density at radius 2 is 2.00 bits per heavy atom. The van der Waals surface area contributed by atoms with Crippen LogP contribution >= 0.6 is 0 Å². The van der Waals surface area contributed by atoms with E-state index in [1.165, 1.54) is 11.1 Å². The summed E-state index contributed by atoms with van der Waals surface area (Å²) in [4.78, 5) is 0. The lowest BCUT2D eigenvalue weighted by Crippen LogP contribution is -1.83. The summed E-state index contributed by atoms with van der Waals surface area (Å²) < 4.78 is 0. The molecule has 0 bridgehead atoms. The molecule has 0 fully saturated rings. The average molecular weight is 214 g/mol. The van der Waals surface area contributed by atoms with Crippen LogP contribution in [0.25, 0.3) is 5.57 Å². The summed E-state index contributed by atoms with van der Waals surface area (Å²) in [5.41, 5.74) is 3.55. The zero-order chi connectivity index (χ0) is 12.4. The van der Waals surface area contributed by atoms with Gasteiger partial charge in [-0.15, -0.1) is 0 Å². The van der Waals surface area contributed by atoms with Gasteiger partial charge in [-0.25, -0.2) is 0 Å². The summed E-state index contributed by atoms with van der Waals surface area (Å²) in [6, 6.07) is 8.46. The van der Waals surface area contributed by atoms with Crippen molar-refractivity contribution >= 4 is 5.57 Å². The molecule has 0 saturated carbocycles. The Labute approximate surface area is 100 Å². The van der Waals surface area contributed by atoms with Gasteiger partial charge in [0.05, 0.1) is 0 Å². The van der Waals surface area contributed by atoms with E-state index >= 15 is 0 Å². The Hall–Kier alpha value is -1.56. The standard InChI is InChI=1S/C14H16.C2H6/c1-4-6-8-12(3)14-10-7-9-13(5-2)11-14;1-2/h4,6-11H,1,3,5H2,2H3;1-2H3/b8-6-;. The quantitative estimate of drug-likeness (QED) is 0.617. The number of rotatable bonds is 4. The summed E-state index contributed by atoms with van der Waals surface area (Å²) >= 11 is 0. The highest BCUT2D eigenvalue weighted by atomic mass is 14.0. The lowest BCUT2D eigenvalue weighted by atomic mass is 10.0. The first-order valence-electron chi connectivity index (χ1n) is 5.85. The van der Waals surface area contributed by atoms with Crippen LogP contribution < -0.4 is 0 Å². The highest BCUT2D eigenvalue weighted by Gasteiger charge is 1.95. The van der Waals surface area contributed by atoms with Crippen molar-refractivity contribution in [3.05, 3.63) is 66.8 Å². The van der Waals surface area contributed by atoms with Crippen molar-refractivity contribution in [2.24, 2.45) is 0 Å². The van der Waals surface area contributed by atoms with Gasteiger partial charge in [0.15, 0.2) is 0 Å². The van der Waals surface area contributed by atoms with Crippen molar-refractivity contribution in [2.75, 3.05) is 0 Å². The van der Waals surface area contributed by atoms with E-state index in [-0.39, 0.29) is 0 Å². The van der Waals surface area contributed by atoms with E-state index in [9.17, 15) is 0 Å². The molecule has 1 aromatic rings. The first-order valence-corrected chi connectivity index (χ1v) is 5.85. The van der Waals surface area contributed by atoms with E-state index in [1.54, 1.807) is 6.08 Å². The molecule has 0 radical (unpaired) electrons. The minimum atomic E-state index is 1.03. The third kappa shape index (κ3) is 4.79. The molecule has 0 aliphatic carbocycles. The first-order chi connectivity index (χ1) is 7.77. The molecule has 86 valence electrons. The minimum Gasteiger partial charge on any atom is -0.0991 e. The molecule has 0 atom stereocenters. The molecule has 0 spiro atoms. The number of hydrogen-bond donors (Lipinski definition) is 0. The lowest BCUT2D eigenvalue weighted by molar-refractivity contribution is 1.14. The van der Waals surface area contributed by atoms with Crippen LogP contribution in [0.5, 0.6) is 0 Å². The van der Waals surface area contributed by atoms with Crippen LogP contribution in [-0.4, -0.2) is 0 Å². The van der Waals surface area contributed by atoms with Gasteiger partial charge in [0, 0.05) is 0 Å². The van der Waals surface area contributed by atoms with Crippen molar-refractivity contribution in [1.82, 2.24) is 0 Å². The predicted octanol–water partition coefficient (Wildman–Crippen LogP) is 5.03. The van der Waals surface area contributed by atoms with Crippen LogP contribution in [0.4, 0.5) is 0 Å². The number of benzene rings is 1. The molecule has 0 heterocycles. The van der Waals surface area contributed by atoms with Crippen molar-refractivity contribution in [3.63, 3.8) is 0 Å². The number of allylic oxidation sites excluding steroid dienone is 4. The van der Waals surface area contributed by atoms with Crippen molar-refractivity contribution in [1.29, 1.82) is 0 Å². The maximum absolute atomic E-state index is 4.00. The van der Waals surface area contributed by atoms with Gasteiger partial charge in [-0.3, -0.25) is 0 Å². The van der Waals surface area contributed by atoms with Gasteiger partial charge in [0.2, 0.25) is 0 Å². The van der Waals surface area contributed by atoms with Crippen molar-refractivity contribution in [3.8, 4) is 0 Å². The van der Waals surface area contributed by atoms with Gasteiger partial charge in [-0.05, 0) is 23.1 Å². The van der Waals surface area contributed by atoms with E-state index in [0.717, 1.165) is 12.0 Å². The second-order valence-corrected chi connectivity index (χ2v) is 3.17. The maximum atomic E-state index is 4.00. The molecule has 0 heteroatoms. The molecule has 16 heavy (non-hydrogen) atoms. The van der Waals surface area contributed by atoms with Crippen LogP contribution in [0.3, 0.4) is 0 Å². The summed E-state index contributed by atoms with van der Waals surface area (Å²) in [7, 11) is 0. The zero-order valence-corrected chi connectivity index (χ0v) is 10.7. The van der Waals surface area contributed by atoms with Crippen LogP contribution in [0, 0.1) is 0 Å². The molecule has 1 rings (SSSR count). The number of aryl methyl sites for hydroxylation is 1. The fraction of sp³-hybridized carbons (Fsp3) is 0.250. The van der Waals surface area contributed by atoms with Crippen molar-refractivity contribution < 1.29 is 0 Å². The summed E-state index contributed by atoms with van der Waals surface area (Å²) in [6.07, 6.45) is 6.70. The molecule has 0 aromatic heterocycles. The van der Waals surface area contributed by atoms with Crippen LogP contribution in [0.2, 0.25) is 0 Å². The molecule has 0 aliphatic heterocycles. The molecule has 0 nitrogen and oxygen atoms in total. The van der Waals surface area contributed by atoms with E-state index in [0.29, 0.717) is 0 Å². The number of hydrogen-bond acceptors (Lipinski definition) is 0. The van der Waals surface area contributed by atoms with Crippen LogP contribution in [-0.2, 0) is 6.42 Å². The Morgan fingerprint density at radius 3 is 2.56 bits per heavy atom. The first kappa shape index (κ1) is 14.4. The molecule has 0 N–H and O–H groups in total. The summed E-state index contributed by atoms with van der Waals surface area (Å²) in [5, 5.41) is 0. The SMILES string of the molecule is C=C/C=C\C(=C)c1cccc(CC)c1.CC. The highest BCUT2D eigenvalue weighted by Crippen LogP contribution is 2.15. The molecule has 0 unspecified atom stereocenters. The van der Waals surface area contributed by atoms with Crippen LogP contribution in [0.15, 0.2) is 55.7 Å². The smallest absolute Gasteiger partial charge is 0.0187 e. The average Bonchev–Trinajstić information content (AvgIpc) is 2.38. The largest absolute Gasteiger partial charge is 0.0991 e. The lowest BCUT2D eigenvalue weighted by Gasteiger charge is -2.02. The van der Waals surface area contributed by atoms with Gasteiger partial charge in [-0.2, -0.15) is 0 Å². The fourth-order valence-electron chi connectivity index (χ4n) is 1.27. The second-order valence-electron chi connectivity index (χ2n) is 3.17. The van der Waals surface area contributed by atoms with Gasteiger partial charge >= 0.3 is 0 Å². The third-order valence-corrected chi connectivity index (χ3v) is 2.14. The molecule has 0 aliphatic rings. The maximum Gasteiger partial charge on any atom is -0.0187 e. The zero-order valence-electron chi connectivity index (χ0n) is 10.7. The Morgan fingerprint density at radius 1 is 1.31 bits per heavy atom. The van der Waals surface area contributed by atoms with Gasteiger partial charge in [0.25, 0.3) is 0 Å². The van der Waals surface area contributed by atoms with E-state index in [4.69, 9.17) is 0 Å². The van der Waals surface area contributed by atoms with Crippen LogP contribution in [0.1, 0.15) is 31.9 Å². The predicted molar refractivity (Wildman–Crippen MR) is 75.5 cm³/mol. The third-order valence-electron chi connectivity index (χ3n) is 2.14. The van der Waals surface area contributed by atoms with E-state index in [1.807, 2.05) is 26.0 Å². The topological polar surface area (TPSA) is 0 Å². The molecular weight excluding hydrogens is 192 g/mol. The van der Waals surface area contributed by atoms with E-state index in [2.05, 4.69) is 44.3 Å². The minimum absolute atomic E-state index is 1.03. The van der Waals surface area contributed by atoms with Gasteiger partial charge < -0.3 is 0 Å². The summed E-state index contributed by atoms with van der Waals surface area (Å²) in [6.45, 7) is 13.8. The van der Waals surface area contributed by atoms with Gasteiger partial charge in [-0.1, -0.05) is 76.4 Å².